The van der Waals surface area contributed by atoms with E-state index in [0.717, 1.165) is 0 Å². The van der Waals surface area contributed by atoms with Crippen LogP contribution in [0.5, 0.6) is 5.75 Å². The summed E-state index contributed by atoms with van der Waals surface area (Å²) < 4.78 is 4.68. The van der Waals surface area contributed by atoms with Gasteiger partial charge in [0.15, 0.2) is 5.78 Å². The first-order valence-corrected chi connectivity index (χ1v) is 5.53. The van der Waals surface area contributed by atoms with Crippen LogP contribution in [0.15, 0.2) is 18.2 Å². The number of esters is 1. The summed E-state index contributed by atoms with van der Waals surface area (Å²) in [5.74, 6) is -1.03. The summed E-state index contributed by atoms with van der Waals surface area (Å²) in [6.45, 7) is 3.40. The first-order chi connectivity index (χ1) is 8.45. The van der Waals surface area contributed by atoms with Crippen molar-refractivity contribution in [1.82, 2.24) is 0 Å². The fourth-order valence-corrected chi connectivity index (χ4v) is 1.46. The first-order valence-electron chi connectivity index (χ1n) is 5.53. The lowest BCUT2D eigenvalue weighted by Gasteiger charge is -2.06. The van der Waals surface area contributed by atoms with Gasteiger partial charge in [-0.1, -0.05) is 0 Å². The van der Waals surface area contributed by atoms with Gasteiger partial charge in [-0.2, -0.15) is 0 Å². The molecule has 1 aromatic carbocycles. The SMILES string of the molecule is CCOC(=O)CC(=O)c1ccc(O)c(C(C)=N)c1. The van der Waals surface area contributed by atoms with Gasteiger partial charge in [0, 0.05) is 16.8 Å². The van der Waals surface area contributed by atoms with E-state index in [2.05, 4.69) is 4.74 Å². The average molecular weight is 249 g/mol. The molecular formula is C13H15NO4. The second kappa shape index (κ2) is 5.95. The highest BCUT2D eigenvalue weighted by Gasteiger charge is 2.14. The summed E-state index contributed by atoms with van der Waals surface area (Å²) in [6, 6.07) is 4.16. The van der Waals surface area contributed by atoms with E-state index in [4.69, 9.17) is 5.41 Å². The van der Waals surface area contributed by atoms with Crippen LogP contribution in [0.3, 0.4) is 0 Å². The Balaban J connectivity index is 2.90. The topological polar surface area (TPSA) is 87.5 Å². The standard InChI is InChI=1S/C13H15NO4/c1-3-18-13(17)7-12(16)9-4-5-11(15)10(6-9)8(2)14/h4-6,14-15H,3,7H2,1-2H3. The summed E-state index contributed by atoms with van der Waals surface area (Å²) in [6.07, 6.45) is -0.338. The van der Waals surface area contributed by atoms with Crippen LogP contribution in [0.1, 0.15) is 36.2 Å². The van der Waals surface area contributed by atoms with E-state index in [0.29, 0.717) is 0 Å². The van der Waals surface area contributed by atoms with E-state index in [-0.39, 0.29) is 35.6 Å². The zero-order valence-electron chi connectivity index (χ0n) is 10.3. The molecule has 1 aromatic rings. The molecule has 0 fully saturated rings. The van der Waals surface area contributed by atoms with Gasteiger partial charge in [-0.05, 0) is 32.0 Å². The van der Waals surface area contributed by atoms with Crippen molar-refractivity contribution in [3.8, 4) is 5.75 Å². The summed E-state index contributed by atoms with van der Waals surface area (Å²) in [7, 11) is 0. The largest absolute Gasteiger partial charge is 0.507 e. The fraction of sp³-hybridized carbons (Fsp3) is 0.308. The summed E-state index contributed by atoms with van der Waals surface area (Å²) in [5, 5.41) is 17.0. The Morgan fingerprint density at radius 1 is 1.39 bits per heavy atom. The van der Waals surface area contributed by atoms with Crippen molar-refractivity contribution in [2.24, 2.45) is 0 Å². The molecule has 2 N–H and O–H groups in total. The minimum absolute atomic E-state index is 0.0600. The van der Waals surface area contributed by atoms with Crippen LogP contribution >= 0.6 is 0 Å². The third-order valence-corrected chi connectivity index (χ3v) is 2.33. The second-order valence-corrected chi connectivity index (χ2v) is 3.76. The number of benzene rings is 1. The molecule has 0 aliphatic carbocycles. The number of phenolic OH excluding ortho intramolecular Hbond substituents is 1. The number of carbonyl (C=O) groups excluding carboxylic acids is 2. The van der Waals surface area contributed by atoms with Crippen LogP contribution in [-0.4, -0.2) is 29.2 Å². The van der Waals surface area contributed by atoms with E-state index in [9.17, 15) is 14.7 Å². The van der Waals surface area contributed by atoms with Crippen molar-refractivity contribution in [2.45, 2.75) is 20.3 Å². The van der Waals surface area contributed by atoms with Gasteiger partial charge in [0.1, 0.15) is 12.2 Å². The first kappa shape index (κ1) is 13.9. The van der Waals surface area contributed by atoms with Gasteiger partial charge in [-0.15, -0.1) is 0 Å². The number of hydrogen-bond acceptors (Lipinski definition) is 5. The highest BCUT2D eigenvalue weighted by molar-refractivity contribution is 6.08. The van der Waals surface area contributed by atoms with Crippen molar-refractivity contribution >= 4 is 17.5 Å². The minimum atomic E-state index is -0.580. The molecule has 1 rings (SSSR count). The number of carbonyl (C=O) groups is 2. The molecule has 0 aliphatic rings. The van der Waals surface area contributed by atoms with Crippen LogP contribution in [0, 0.1) is 5.41 Å². The predicted octanol–water partition coefficient (Wildman–Crippen LogP) is 1.92. The van der Waals surface area contributed by atoms with Crippen LogP contribution in [0.2, 0.25) is 0 Å². The van der Waals surface area contributed by atoms with Crippen LogP contribution in [-0.2, 0) is 9.53 Å². The molecule has 0 spiro atoms. The van der Waals surface area contributed by atoms with Gasteiger partial charge in [0.05, 0.1) is 6.61 Å². The monoisotopic (exact) mass is 249 g/mol. The Morgan fingerprint density at radius 2 is 2.06 bits per heavy atom. The molecule has 0 aromatic heterocycles. The van der Waals surface area contributed by atoms with Gasteiger partial charge in [-0.3, -0.25) is 9.59 Å². The number of rotatable bonds is 5. The second-order valence-electron chi connectivity index (χ2n) is 3.76. The third kappa shape index (κ3) is 3.41. The molecule has 0 heterocycles. The molecule has 0 saturated carbocycles. The summed E-state index contributed by atoms with van der Waals surface area (Å²) in [4.78, 5) is 22.9. The van der Waals surface area contributed by atoms with Gasteiger partial charge < -0.3 is 15.3 Å². The van der Waals surface area contributed by atoms with Crippen LogP contribution in [0.25, 0.3) is 0 Å². The molecule has 0 bridgehead atoms. The zero-order chi connectivity index (χ0) is 13.7. The lowest BCUT2D eigenvalue weighted by Crippen LogP contribution is -2.11. The number of Topliss-reactive ketones (excluding diaryl/α,β-unsaturated/α-hetero) is 1. The van der Waals surface area contributed by atoms with Gasteiger partial charge in [0.25, 0.3) is 0 Å². The normalized spacial score (nSPS) is 9.89. The highest BCUT2D eigenvalue weighted by atomic mass is 16.5. The lowest BCUT2D eigenvalue weighted by atomic mass is 10.0. The van der Waals surface area contributed by atoms with Crippen molar-refractivity contribution in [2.75, 3.05) is 6.61 Å². The Labute approximate surface area is 105 Å². The Kier molecular flexibility index (Phi) is 4.59. The predicted molar refractivity (Wildman–Crippen MR) is 66.2 cm³/mol. The van der Waals surface area contributed by atoms with Crippen molar-refractivity contribution < 1.29 is 19.4 Å². The molecule has 0 atom stereocenters. The molecule has 5 heteroatoms. The third-order valence-electron chi connectivity index (χ3n) is 2.33. The smallest absolute Gasteiger partial charge is 0.313 e. The zero-order valence-corrected chi connectivity index (χ0v) is 10.3. The number of ketones is 1. The molecule has 5 nitrogen and oxygen atoms in total. The quantitative estimate of drug-likeness (QED) is 0.361. The van der Waals surface area contributed by atoms with E-state index < -0.39 is 11.8 Å². The van der Waals surface area contributed by atoms with Crippen molar-refractivity contribution in [3.05, 3.63) is 29.3 Å². The fourth-order valence-electron chi connectivity index (χ4n) is 1.46. The molecule has 0 unspecified atom stereocenters. The molecule has 0 radical (unpaired) electrons. The molecule has 96 valence electrons. The summed E-state index contributed by atoms with van der Waals surface area (Å²) >= 11 is 0. The van der Waals surface area contributed by atoms with Gasteiger partial charge in [0.2, 0.25) is 0 Å². The van der Waals surface area contributed by atoms with Crippen molar-refractivity contribution in [3.63, 3.8) is 0 Å². The summed E-state index contributed by atoms with van der Waals surface area (Å²) in [5.41, 5.74) is 0.713. The Morgan fingerprint density at radius 3 is 2.61 bits per heavy atom. The molecule has 18 heavy (non-hydrogen) atoms. The number of aromatic hydroxyl groups is 1. The molecular weight excluding hydrogens is 234 g/mol. The van der Waals surface area contributed by atoms with Crippen molar-refractivity contribution in [1.29, 1.82) is 5.41 Å². The Hall–Kier alpha value is -2.17. The maximum Gasteiger partial charge on any atom is 0.313 e. The Bertz CT molecular complexity index is 494. The van der Waals surface area contributed by atoms with Crippen LogP contribution in [0.4, 0.5) is 0 Å². The average Bonchev–Trinajstić information content (AvgIpc) is 2.29. The van der Waals surface area contributed by atoms with E-state index >= 15 is 0 Å². The number of hydrogen-bond donors (Lipinski definition) is 2. The molecule has 0 saturated heterocycles. The lowest BCUT2D eigenvalue weighted by molar-refractivity contribution is -0.141. The maximum atomic E-state index is 11.8. The number of phenols is 1. The number of ether oxygens (including phenoxy) is 1. The minimum Gasteiger partial charge on any atom is -0.507 e. The maximum absolute atomic E-state index is 11.8. The highest BCUT2D eigenvalue weighted by Crippen LogP contribution is 2.19. The van der Waals surface area contributed by atoms with E-state index in [1.165, 1.54) is 25.1 Å². The molecule has 0 amide bonds. The van der Waals surface area contributed by atoms with E-state index in [1.54, 1.807) is 6.92 Å². The number of nitrogens with one attached hydrogen (secondary N) is 1. The van der Waals surface area contributed by atoms with Gasteiger partial charge in [-0.25, -0.2) is 0 Å². The molecule has 0 aliphatic heterocycles. The van der Waals surface area contributed by atoms with Gasteiger partial charge >= 0.3 is 5.97 Å². The van der Waals surface area contributed by atoms with Crippen LogP contribution < -0.4 is 0 Å². The van der Waals surface area contributed by atoms with E-state index in [1.807, 2.05) is 0 Å².